The van der Waals surface area contributed by atoms with Crippen LogP contribution in [0.4, 0.5) is 17.3 Å². The highest BCUT2D eigenvalue weighted by Gasteiger charge is 2.21. The molecule has 2 N–H and O–H groups in total. The minimum atomic E-state index is -0.424. The van der Waals surface area contributed by atoms with E-state index >= 15 is 0 Å². The summed E-state index contributed by atoms with van der Waals surface area (Å²) >= 11 is 15.9. The maximum atomic E-state index is 13.2. The molecule has 0 atom stereocenters. The number of fused-ring (bicyclic) bond motifs is 1. The number of benzene rings is 1. The standard InChI is InChI=1S/C24H22BrCl2N7O3/c1-13(35)33(2)8-9-37-23-16(22(36)29-15-6-4-14(25)5-7-15)10-19-21(32-23)34(3)24(30-19)31-20-17(26)11-28-12-18(20)27/h4-7,10-12H,8-9H2,1-3H3,(H,29,36)(H,28,30,31). The van der Waals surface area contributed by atoms with Crippen molar-refractivity contribution in [1.82, 2.24) is 24.4 Å². The normalized spacial score (nSPS) is 10.9. The number of aromatic nitrogens is 4. The third-order valence-corrected chi connectivity index (χ3v) is 6.55. The number of halogens is 3. The number of pyridine rings is 2. The van der Waals surface area contributed by atoms with Crippen LogP contribution in [0.3, 0.4) is 0 Å². The highest BCUT2D eigenvalue weighted by atomic mass is 79.9. The molecule has 0 unspecified atom stereocenters. The van der Waals surface area contributed by atoms with E-state index in [9.17, 15) is 9.59 Å². The van der Waals surface area contributed by atoms with Gasteiger partial charge in [-0.15, -0.1) is 0 Å². The number of rotatable bonds is 8. The van der Waals surface area contributed by atoms with Crippen LogP contribution in [-0.4, -0.2) is 56.4 Å². The molecule has 0 saturated carbocycles. The Morgan fingerprint density at radius 3 is 2.46 bits per heavy atom. The van der Waals surface area contributed by atoms with Crippen LogP contribution in [-0.2, 0) is 11.8 Å². The van der Waals surface area contributed by atoms with Gasteiger partial charge < -0.3 is 20.3 Å². The maximum Gasteiger partial charge on any atom is 0.261 e. The first-order valence-corrected chi connectivity index (χ1v) is 12.5. The quantitative estimate of drug-likeness (QED) is 0.280. The zero-order valence-corrected chi connectivity index (χ0v) is 23.1. The molecule has 13 heteroatoms. The molecule has 0 spiro atoms. The van der Waals surface area contributed by atoms with Crippen molar-refractivity contribution in [3.63, 3.8) is 0 Å². The van der Waals surface area contributed by atoms with Crippen molar-refractivity contribution < 1.29 is 14.3 Å². The van der Waals surface area contributed by atoms with Crippen molar-refractivity contribution in [2.75, 3.05) is 30.8 Å². The molecule has 3 heterocycles. The minimum absolute atomic E-state index is 0.101. The Bertz CT molecular complexity index is 1460. The number of nitrogens with one attached hydrogen (secondary N) is 2. The zero-order chi connectivity index (χ0) is 26.7. The molecule has 0 aliphatic heterocycles. The SMILES string of the molecule is CC(=O)N(C)CCOc1nc2c(cc1C(=O)Nc1ccc(Br)cc1)nc(Nc1c(Cl)cncc1Cl)n2C. The second-order valence-corrected chi connectivity index (χ2v) is 9.76. The Labute approximate surface area is 231 Å². The van der Waals surface area contributed by atoms with Crippen LogP contribution < -0.4 is 15.4 Å². The van der Waals surface area contributed by atoms with Crippen molar-refractivity contribution in [1.29, 1.82) is 0 Å². The van der Waals surface area contributed by atoms with Gasteiger partial charge in [0, 0.05) is 43.6 Å². The Hall–Kier alpha value is -3.41. The molecule has 192 valence electrons. The summed E-state index contributed by atoms with van der Waals surface area (Å²) in [6.45, 7) is 1.92. The molecule has 37 heavy (non-hydrogen) atoms. The van der Waals surface area contributed by atoms with Gasteiger partial charge in [0.05, 0.1) is 22.3 Å². The molecule has 0 bridgehead atoms. The Balaban J connectivity index is 1.70. The van der Waals surface area contributed by atoms with Gasteiger partial charge in [0.25, 0.3) is 5.91 Å². The molecule has 4 aromatic rings. The second-order valence-electron chi connectivity index (χ2n) is 8.03. The predicted octanol–water partition coefficient (Wildman–Crippen LogP) is 5.29. The second kappa shape index (κ2) is 11.3. The van der Waals surface area contributed by atoms with Crippen LogP contribution in [0, 0.1) is 0 Å². The van der Waals surface area contributed by atoms with E-state index < -0.39 is 5.91 Å². The van der Waals surface area contributed by atoms with Gasteiger partial charge >= 0.3 is 0 Å². The third-order valence-electron chi connectivity index (χ3n) is 5.45. The molecule has 0 radical (unpaired) electrons. The molecule has 0 saturated heterocycles. The molecule has 2 amide bonds. The van der Waals surface area contributed by atoms with Crippen LogP contribution in [0.2, 0.25) is 10.0 Å². The molecule has 0 aliphatic carbocycles. The minimum Gasteiger partial charge on any atom is -0.475 e. The average molecular weight is 607 g/mol. The van der Waals surface area contributed by atoms with E-state index in [-0.39, 0.29) is 24.0 Å². The number of imidazole rings is 1. The molecular formula is C24H22BrCl2N7O3. The van der Waals surface area contributed by atoms with Crippen molar-refractivity contribution in [2.45, 2.75) is 6.92 Å². The summed E-state index contributed by atoms with van der Waals surface area (Å²) in [5.41, 5.74) is 2.12. The van der Waals surface area contributed by atoms with Crippen LogP contribution >= 0.6 is 39.1 Å². The molecule has 10 nitrogen and oxygen atoms in total. The fourth-order valence-corrected chi connectivity index (χ4v) is 4.01. The van der Waals surface area contributed by atoms with Gasteiger partial charge in [0.1, 0.15) is 17.7 Å². The van der Waals surface area contributed by atoms with E-state index in [2.05, 4.69) is 41.5 Å². The van der Waals surface area contributed by atoms with Crippen LogP contribution in [0.1, 0.15) is 17.3 Å². The van der Waals surface area contributed by atoms with Crippen LogP contribution in [0.25, 0.3) is 11.2 Å². The lowest BCUT2D eigenvalue weighted by atomic mass is 10.2. The number of anilines is 3. The molecule has 3 aromatic heterocycles. The van der Waals surface area contributed by atoms with E-state index in [1.165, 1.54) is 24.2 Å². The monoisotopic (exact) mass is 605 g/mol. The maximum absolute atomic E-state index is 13.2. The summed E-state index contributed by atoms with van der Waals surface area (Å²) in [5.74, 6) is -0.0261. The highest BCUT2D eigenvalue weighted by Crippen LogP contribution is 2.33. The first-order chi connectivity index (χ1) is 17.6. The highest BCUT2D eigenvalue weighted by molar-refractivity contribution is 9.10. The van der Waals surface area contributed by atoms with Gasteiger partial charge in [0.15, 0.2) is 5.65 Å². The number of aryl methyl sites for hydroxylation is 1. The van der Waals surface area contributed by atoms with Crippen LogP contribution in [0.15, 0.2) is 47.2 Å². The largest absolute Gasteiger partial charge is 0.475 e. The van der Waals surface area contributed by atoms with E-state index in [0.29, 0.717) is 45.1 Å². The topological polar surface area (TPSA) is 114 Å². The number of carbonyl (C=O) groups is 2. The summed E-state index contributed by atoms with van der Waals surface area (Å²) in [5, 5.41) is 6.59. The van der Waals surface area contributed by atoms with Crippen molar-refractivity contribution in [3.8, 4) is 5.88 Å². The van der Waals surface area contributed by atoms with Gasteiger partial charge in [0.2, 0.25) is 17.7 Å². The lowest BCUT2D eigenvalue weighted by molar-refractivity contribution is -0.127. The summed E-state index contributed by atoms with van der Waals surface area (Å²) in [6.07, 6.45) is 2.93. The summed E-state index contributed by atoms with van der Waals surface area (Å²) in [6, 6.07) is 8.76. The number of likely N-dealkylation sites (N-methyl/N-ethyl adjacent to an activating group) is 1. The van der Waals surface area contributed by atoms with Gasteiger partial charge in [-0.25, -0.2) is 4.98 Å². The smallest absolute Gasteiger partial charge is 0.261 e. The summed E-state index contributed by atoms with van der Waals surface area (Å²) < 4.78 is 8.45. The number of amides is 2. The van der Waals surface area contributed by atoms with Gasteiger partial charge in [-0.2, -0.15) is 4.98 Å². The fraction of sp³-hybridized carbons (Fsp3) is 0.208. The van der Waals surface area contributed by atoms with E-state index in [4.69, 9.17) is 27.9 Å². The molecule has 0 aliphatic rings. The number of hydrogen-bond donors (Lipinski definition) is 2. The number of ether oxygens (including phenoxy) is 1. The lowest BCUT2D eigenvalue weighted by Gasteiger charge is -2.16. The molecule has 0 fully saturated rings. The van der Waals surface area contributed by atoms with E-state index in [1.54, 1.807) is 36.9 Å². The Kier molecular flexibility index (Phi) is 8.16. The number of nitrogens with zero attached hydrogens (tertiary/aromatic N) is 5. The van der Waals surface area contributed by atoms with Crippen LogP contribution in [0.5, 0.6) is 5.88 Å². The lowest BCUT2D eigenvalue weighted by Crippen LogP contribution is -2.29. The molecule has 4 rings (SSSR count). The van der Waals surface area contributed by atoms with E-state index in [0.717, 1.165) is 4.47 Å². The third kappa shape index (κ3) is 6.12. The van der Waals surface area contributed by atoms with Gasteiger partial charge in [-0.05, 0) is 30.3 Å². The van der Waals surface area contributed by atoms with Crippen molar-refractivity contribution in [3.05, 3.63) is 62.8 Å². The average Bonchev–Trinajstić information content (AvgIpc) is 3.16. The first kappa shape index (κ1) is 26.6. The number of carbonyl (C=O) groups excluding carboxylic acids is 2. The predicted molar refractivity (Wildman–Crippen MR) is 147 cm³/mol. The molecular weight excluding hydrogens is 585 g/mol. The Morgan fingerprint density at radius 1 is 1.14 bits per heavy atom. The van der Waals surface area contributed by atoms with Gasteiger partial charge in [-0.1, -0.05) is 39.1 Å². The first-order valence-electron chi connectivity index (χ1n) is 11.0. The zero-order valence-electron chi connectivity index (χ0n) is 20.1. The van der Waals surface area contributed by atoms with Crippen molar-refractivity contribution in [2.24, 2.45) is 7.05 Å². The van der Waals surface area contributed by atoms with E-state index in [1.807, 2.05) is 12.1 Å². The summed E-state index contributed by atoms with van der Waals surface area (Å²) in [4.78, 5) is 39.4. The van der Waals surface area contributed by atoms with Gasteiger partial charge in [-0.3, -0.25) is 19.1 Å². The Morgan fingerprint density at radius 2 is 1.81 bits per heavy atom. The fourth-order valence-electron chi connectivity index (χ4n) is 3.29. The molecule has 1 aromatic carbocycles. The van der Waals surface area contributed by atoms with Crippen molar-refractivity contribution >= 4 is 79.4 Å². The summed E-state index contributed by atoms with van der Waals surface area (Å²) in [7, 11) is 3.42. The number of hydrogen-bond acceptors (Lipinski definition) is 7.